The number of hydrogen-bond donors (Lipinski definition) is 3. The van der Waals surface area contributed by atoms with Gasteiger partial charge >= 0.3 is 5.97 Å². The highest BCUT2D eigenvalue weighted by atomic mass is 16.5. The molecule has 73 heavy (non-hydrogen) atoms. The molecule has 0 heterocycles. The van der Waals surface area contributed by atoms with Gasteiger partial charge in [0, 0.05) is 12.8 Å². The average molecular weight is 1030 g/mol. The van der Waals surface area contributed by atoms with Crippen molar-refractivity contribution in [3.05, 3.63) is 12.2 Å². The Balaban J connectivity index is 3.42. The predicted molar refractivity (Wildman–Crippen MR) is 320 cm³/mol. The lowest BCUT2D eigenvalue weighted by atomic mass is 10.0. The van der Waals surface area contributed by atoms with Gasteiger partial charge in [-0.2, -0.15) is 0 Å². The first-order chi connectivity index (χ1) is 36.0. The molecule has 0 aliphatic carbocycles. The van der Waals surface area contributed by atoms with Gasteiger partial charge in [0.25, 0.3) is 0 Å². The highest BCUT2D eigenvalue weighted by Gasteiger charge is 2.18. The van der Waals surface area contributed by atoms with Crippen LogP contribution in [0.2, 0.25) is 0 Å². The van der Waals surface area contributed by atoms with Crippen molar-refractivity contribution in [2.24, 2.45) is 0 Å². The van der Waals surface area contributed by atoms with E-state index in [1.807, 2.05) is 6.08 Å². The molecule has 0 radical (unpaired) electrons. The molecule has 0 aromatic heterocycles. The van der Waals surface area contributed by atoms with Crippen LogP contribution in [0.4, 0.5) is 0 Å². The van der Waals surface area contributed by atoms with E-state index in [4.69, 9.17) is 4.74 Å². The van der Waals surface area contributed by atoms with E-state index in [2.05, 4.69) is 19.2 Å². The number of amides is 1. The zero-order valence-corrected chi connectivity index (χ0v) is 49.6. The number of carbonyl (C=O) groups is 2. The van der Waals surface area contributed by atoms with Gasteiger partial charge < -0.3 is 20.3 Å². The van der Waals surface area contributed by atoms with Crippen LogP contribution in [0.1, 0.15) is 380 Å². The van der Waals surface area contributed by atoms with Crippen molar-refractivity contribution < 1.29 is 24.5 Å². The molecule has 0 aromatic rings. The Labute approximate surface area is 457 Å². The van der Waals surface area contributed by atoms with Gasteiger partial charge in [-0.3, -0.25) is 9.59 Å². The second-order valence-corrected chi connectivity index (χ2v) is 23.2. The van der Waals surface area contributed by atoms with E-state index in [1.165, 1.54) is 315 Å². The third-order valence-electron chi connectivity index (χ3n) is 15.8. The van der Waals surface area contributed by atoms with Crippen molar-refractivity contribution in [1.29, 1.82) is 0 Å². The van der Waals surface area contributed by atoms with Crippen LogP contribution in [-0.4, -0.2) is 47.4 Å². The summed E-state index contributed by atoms with van der Waals surface area (Å²) in [5.41, 5.74) is 0. The number of aliphatic hydroxyl groups excluding tert-OH is 2. The molecule has 0 aliphatic heterocycles. The second kappa shape index (κ2) is 63.1. The summed E-state index contributed by atoms with van der Waals surface area (Å²) in [7, 11) is 0. The van der Waals surface area contributed by atoms with Gasteiger partial charge in [-0.1, -0.05) is 347 Å². The Morgan fingerprint density at radius 3 is 0.932 bits per heavy atom. The lowest BCUT2D eigenvalue weighted by molar-refractivity contribution is -0.143. The monoisotopic (exact) mass is 1030 g/mol. The number of rotatable bonds is 63. The number of unbranched alkanes of at least 4 members (excludes halogenated alkanes) is 52. The summed E-state index contributed by atoms with van der Waals surface area (Å²) in [4.78, 5) is 24.6. The van der Waals surface area contributed by atoms with Crippen LogP contribution in [0.25, 0.3) is 0 Å². The predicted octanol–water partition coefficient (Wildman–Crippen LogP) is 21.2. The fraction of sp³-hybridized carbons (Fsp3) is 0.940. The van der Waals surface area contributed by atoms with E-state index >= 15 is 0 Å². The molecule has 434 valence electrons. The van der Waals surface area contributed by atoms with Gasteiger partial charge in [-0.15, -0.1) is 0 Å². The minimum atomic E-state index is -0.848. The molecular weight excluding hydrogens is 899 g/mol. The lowest BCUT2D eigenvalue weighted by Gasteiger charge is -2.20. The molecule has 0 fully saturated rings. The van der Waals surface area contributed by atoms with Crippen molar-refractivity contribution in [2.45, 2.75) is 392 Å². The summed E-state index contributed by atoms with van der Waals surface area (Å²) in [6.07, 6.45) is 76.9. The number of nitrogens with one attached hydrogen (secondary N) is 1. The largest absolute Gasteiger partial charge is 0.466 e. The highest BCUT2D eigenvalue weighted by molar-refractivity contribution is 5.76. The van der Waals surface area contributed by atoms with Gasteiger partial charge in [-0.25, -0.2) is 0 Å². The molecular formula is C67H131NO5. The summed E-state index contributed by atoms with van der Waals surface area (Å²) in [5.74, 6) is -0.0590. The molecule has 2 atom stereocenters. The van der Waals surface area contributed by atoms with E-state index in [1.54, 1.807) is 6.08 Å². The molecule has 0 spiro atoms. The van der Waals surface area contributed by atoms with Crippen LogP contribution >= 0.6 is 0 Å². The fourth-order valence-corrected chi connectivity index (χ4v) is 10.7. The van der Waals surface area contributed by atoms with E-state index in [-0.39, 0.29) is 18.5 Å². The normalized spacial score (nSPS) is 12.5. The van der Waals surface area contributed by atoms with E-state index < -0.39 is 12.1 Å². The van der Waals surface area contributed by atoms with Crippen LogP contribution in [0.3, 0.4) is 0 Å². The number of allylic oxidation sites excluding steroid dienone is 1. The zero-order chi connectivity index (χ0) is 52.9. The number of esters is 1. The Bertz CT molecular complexity index is 1100. The summed E-state index contributed by atoms with van der Waals surface area (Å²) in [5, 5.41) is 23.2. The maximum atomic E-state index is 12.5. The van der Waals surface area contributed by atoms with Gasteiger partial charge in [0.1, 0.15) is 0 Å². The molecule has 0 saturated carbocycles. The SMILES string of the molecule is CCCCCCCCCCCCCCCCCCCCCC/C=C/C(O)C(CO)NC(=O)CCCCCCCCCCCCCCCCCCCOC(=O)CCCCCCCCCCCCCCCCCCC. The number of aliphatic hydroxyl groups is 2. The number of ether oxygens (including phenoxy) is 1. The molecule has 0 rings (SSSR count). The molecule has 0 bridgehead atoms. The standard InChI is InChI=1S/C67H131NO5/c1-3-5-7-9-11-13-15-17-19-21-22-23-24-25-28-31-35-39-43-47-51-55-59-65(70)64(63-69)68-66(71)60-56-52-48-44-40-36-32-29-26-30-34-38-42-46-50-54-58-62-73-67(72)61-57-53-49-45-41-37-33-27-20-18-16-14-12-10-8-6-4-2/h55,59,64-65,69-70H,3-54,56-58,60-63H2,1-2H3,(H,68,71)/b59-55+. The minimum Gasteiger partial charge on any atom is -0.466 e. The summed E-state index contributed by atoms with van der Waals surface area (Å²) >= 11 is 0. The molecule has 2 unspecified atom stereocenters. The van der Waals surface area contributed by atoms with E-state index in [0.29, 0.717) is 19.4 Å². The summed E-state index contributed by atoms with van der Waals surface area (Å²) in [6, 6.07) is -0.632. The van der Waals surface area contributed by atoms with Crippen LogP contribution < -0.4 is 5.32 Å². The topological polar surface area (TPSA) is 95.9 Å². The zero-order valence-electron chi connectivity index (χ0n) is 49.6. The van der Waals surface area contributed by atoms with Crippen molar-refractivity contribution in [3.63, 3.8) is 0 Å². The van der Waals surface area contributed by atoms with Gasteiger partial charge in [0.05, 0.1) is 25.4 Å². The molecule has 6 heteroatoms. The van der Waals surface area contributed by atoms with Gasteiger partial charge in [0.15, 0.2) is 0 Å². The third kappa shape index (κ3) is 59.7. The van der Waals surface area contributed by atoms with Crippen molar-refractivity contribution in [1.82, 2.24) is 5.32 Å². The Morgan fingerprint density at radius 1 is 0.370 bits per heavy atom. The lowest BCUT2D eigenvalue weighted by Crippen LogP contribution is -2.45. The van der Waals surface area contributed by atoms with Crippen LogP contribution in [0, 0.1) is 0 Å². The van der Waals surface area contributed by atoms with Crippen LogP contribution in [-0.2, 0) is 14.3 Å². The van der Waals surface area contributed by atoms with Crippen molar-refractivity contribution in [2.75, 3.05) is 13.2 Å². The van der Waals surface area contributed by atoms with E-state index in [0.717, 1.165) is 38.5 Å². The molecule has 0 saturated heterocycles. The number of carbonyl (C=O) groups excluding carboxylic acids is 2. The van der Waals surface area contributed by atoms with E-state index in [9.17, 15) is 19.8 Å². The molecule has 0 aromatic carbocycles. The average Bonchev–Trinajstić information content (AvgIpc) is 3.39. The maximum Gasteiger partial charge on any atom is 0.305 e. The van der Waals surface area contributed by atoms with Crippen LogP contribution in [0.15, 0.2) is 12.2 Å². The Kier molecular flexibility index (Phi) is 61.9. The summed E-state index contributed by atoms with van der Waals surface area (Å²) < 4.78 is 5.50. The first-order valence-electron chi connectivity index (χ1n) is 33.5. The smallest absolute Gasteiger partial charge is 0.305 e. The molecule has 3 N–H and O–H groups in total. The number of hydrogen-bond acceptors (Lipinski definition) is 5. The second-order valence-electron chi connectivity index (χ2n) is 23.2. The Hall–Kier alpha value is -1.40. The third-order valence-corrected chi connectivity index (χ3v) is 15.8. The van der Waals surface area contributed by atoms with Gasteiger partial charge in [-0.05, 0) is 32.1 Å². The van der Waals surface area contributed by atoms with Gasteiger partial charge in [0.2, 0.25) is 5.91 Å². The maximum absolute atomic E-state index is 12.5. The molecule has 1 amide bonds. The quantitative estimate of drug-likeness (QED) is 0.0320. The first kappa shape index (κ1) is 71.6. The highest BCUT2D eigenvalue weighted by Crippen LogP contribution is 2.19. The van der Waals surface area contributed by atoms with Crippen molar-refractivity contribution in [3.8, 4) is 0 Å². The first-order valence-corrected chi connectivity index (χ1v) is 33.5. The molecule has 0 aliphatic rings. The molecule has 6 nitrogen and oxygen atoms in total. The fourth-order valence-electron chi connectivity index (χ4n) is 10.7. The minimum absolute atomic E-state index is 0.00962. The van der Waals surface area contributed by atoms with Crippen LogP contribution in [0.5, 0.6) is 0 Å². The van der Waals surface area contributed by atoms with Crippen molar-refractivity contribution >= 4 is 11.9 Å². The summed E-state index contributed by atoms with van der Waals surface area (Å²) in [6.45, 7) is 4.94. The Morgan fingerprint density at radius 2 is 0.630 bits per heavy atom.